The molecular weight excluding hydrogens is 120 g/mol. The molecule has 1 aliphatic carbocycles. The lowest BCUT2D eigenvalue weighted by molar-refractivity contribution is 0.244. The molecule has 0 aromatic heterocycles. The van der Waals surface area contributed by atoms with E-state index in [2.05, 4.69) is 26.5 Å². The van der Waals surface area contributed by atoms with E-state index in [9.17, 15) is 0 Å². The van der Waals surface area contributed by atoms with E-state index in [0.717, 1.165) is 17.8 Å². The van der Waals surface area contributed by atoms with Crippen LogP contribution in [-0.4, -0.2) is 0 Å². The van der Waals surface area contributed by atoms with Crippen LogP contribution < -0.4 is 0 Å². The van der Waals surface area contributed by atoms with Crippen molar-refractivity contribution in [2.24, 2.45) is 17.8 Å². The van der Waals surface area contributed by atoms with Gasteiger partial charge in [0.15, 0.2) is 0 Å². The van der Waals surface area contributed by atoms with Crippen LogP contribution in [-0.2, 0) is 0 Å². The minimum Gasteiger partial charge on any atom is -0.103 e. The molecule has 3 atom stereocenters. The molecule has 1 rings (SSSR count). The molecule has 0 saturated heterocycles. The molecule has 10 heavy (non-hydrogen) atoms. The Labute approximate surface area is 64.3 Å². The minimum absolute atomic E-state index is 0.795. The molecule has 0 nitrogen and oxygen atoms in total. The molecule has 0 radical (unpaired) electrons. The Kier molecular flexibility index (Phi) is 2.53. The van der Waals surface area contributed by atoms with Crippen LogP contribution in [0.4, 0.5) is 0 Å². The molecule has 0 N–H and O–H groups in total. The Balaban J connectivity index is 2.45. The lowest BCUT2D eigenvalue weighted by Gasteiger charge is -2.30. The molecule has 0 spiro atoms. The van der Waals surface area contributed by atoms with Crippen molar-refractivity contribution >= 4 is 0 Å². The van der Waals surface area contributed by atoms with Gasteiger partial charge in [-0.1, -0.05) is 26.3 Å². The zero-order valence-corrected chi connectivity index (χ0v) is 7.14. The molecule has 0 heterocycles. The molecule has 3 unspecified atom stereocenters. The van der Waals surface area contributed by atoms with Gasteiger partial charge in [0.25, 0.3) is 0 Å². The van der Waals surface area contributed by atoms with Crippen molar-refractivity contribution in [2.75, 3.05) is 0 Å². The zero-order chi connectivity index (χ0) is 7.56. The van der Waals surface area contributed by atoms with Crippen molar-refractivity contribution in [3.63, 3.8) is 0 Å². The number of rotatable bonds is 1. The highest BCUT2D eigenvalue weighted by Crippen LogP contribution is 2.33. The van der Waals surface area contributed by atoms with Crippen LogP contribution in [0.15, 0.2) is 12.7 Å². The van der Waals surface area contributed by atoms with E-state index in [1.165, 1.54) is 19.3 Å². The predicted molar refractivity (Wildman–Crippen MR) is 45.9 cm³/mol. The average Bonchev–Trinajstić information content (AvgIpc) is 1.94. The summed E-state index contributed by atoms with van der Waals surface area (Å²) in [6, 6.07) is 0. The Hall–Kier alpha value is -0.260. The van der Waals surface area contributed by atoms with Crippen LogP contribution in [0.25, 0.3) is 0 Å². The highest BCUT2D eigenvalue weighted by molar-refractivity contribution is 4.87. The molecule has 0 aromatic carbocycles. The van der Waals surface area contributed by atoms with E-state index < -0.39 is 0 Å². The van der Waals surface area contributed by atoms with Crippen LogP contribution in [0.5, 0.6) is 0 Å². The first kappa shape index (κ1) is 7.84. The van der Waals surface area contributed by atoms with Gasteiger partial charge in [0.05, 0.1) is 0 Å². The van der Waals surface area contributed by atoms with Gasteiger partial charge in [0.1, 0.15) is 0 Å². The maximum atomic E-state index is 3.87. The van der Waals surface area contributed by atoms with Gasteiger partial charge < -0.3 is 0 Å². The van der Waals surface area contributed by atoms with Gasteiger partial charge in [0, 0.05) is 0 Å². The average molecular weight is 138 g/mol. The Morgan fingerprint density at radius 3 is 2.50 bits per heavy atom. The van der Waals surface area contributed by atoms with E-state index in [0.29, 0.717) is 0 Å². The number of hydrogen-bond donors (Lipinski definition) is 0. The first-order valence-electron chi connectivity index (χ1n) is 4.36. The summed E-state index contributed by atoms with van der Waals surface area (Å²) in [5, 5.41) is 0. The second kappa shape index (κ2) is 3.23. The summed E-state index contributed by atoms with van der Waals surface area (Å²) in [5.41, 5.74) is 0. The summed E-state index contributed by atoms with van der Waals surface area (Å²) in [7, 11) is 0. The lowest BCUT2D eigenvalue weighted by Crippen LogP contribution is -2.19. The van der Waals surface area contributed by atoms with E-state index in [4.69, 9.17) is 0 Å². The molecule has 1 aliphatic rings. The Bertz CT molecular complexity index is 115. The standard InChI is InChI=1S/C10H18/c1-4-10-7-8(2)5-6-9(10)3/h4,8-10H,1,5-7H2,2-3H3. The van der Waals surface area contributed by atoms with Crippen molar-refractivity contribution in [3.8, 4) is 0 Å². The quantitative estimate of drug-likeness (QED) is 0.488. The van der Waals surface area contributed by atoms with Gasteiger partial charge in [-0.15, -0.1) is 6.58 Å². The van der Waals surface area contributed by atoms with Crippen molar-refractivity contribution in [2.45, 2.75) is 33.1 Å². The second-order valence-electron chi connectivity index (χ2n) is 3.80. The molecule has 0 aromatic rings. The van der Waals surface area contributed by atoms with Gasteiger partial charge in [-0.25, -0.2) is 0 Å². The third-order valence-corrected chi connectivity index (χ3v) is 2.82. The smallest absolute Gasteiger partial charge is 0.0208 e. The van der Waals surface area contributed by atoms with Crippen molar-refractivity contribution in [1.82, 2.24) is 0 Å². The zero-order valence-electron chi connectivity index (χ0n) is 7.14. The number of hydrogen-bond acceptors (Lipinski definition) is 0. The minimum atomic E-state index is 0.795. The number of allylic oxidation sites excluding steroid dienone is 1. The third-order valence-electron chi connectivity index (χ3n) is 2.82. The highest BCUT2D eigenvalue weighted by Gasteiger charge is 2.22. The monoisotopic (exact) mass is 138 g/mol. The fraction of sp³-hybridized carbons (Fsp3) is 0.800. The van der Waals surface area contributed by atoms with E-state index in [1.54, 1.807) is 0 Å². The van der Waals surface area contributed by atoms with Gasteiger partial charge in [0.2, 0.25) is 0 Å². The predicted octanol–water partition coefficient (Wildman–Crippen LogP) is 3.24. The first-order chi connectivity index (χ1) is 4.74. The first-order valence-corrected chi connectivity index (χ1v) is 4.36. The Morgan fingerprint density at radius 2 is 2.00 bits per heavy atom. The van der Waals surface area contributed by atoms with Crippen LogP contribution in [0, 0.1) is 17.8 Å². The van der Waals surface area contributed by atoms with Crippen LogP contribution in [0.3, 0.4) is 0 Å². The van der Waals surface area contributed by atoms with Crippen molar-refractivity contribution in [3.05, 3.63) is 12.7 Å². The fourth-order valence-electron chi connectivity index (χ4n) is 1.90. The normalized spacial score (nSPS) is 41.2. The SMILES string of the molecule is C=CC1CC(C)CCC1C. The summed E-state index contributed by atoms with van der Waals surface area (Å²) in [6.45, 7) is 8.56. The maximum Gasteiger partial charge on any atom is -0.0208 e. The second-order valence-corrected chi connectivity index (χ2v) is 3.80. The van der Waals surface area contributed by atoms with Gasteiger partial charge in [-0.2, -0.15) is 0 Å². The van der Waals surface area contributed by atoms with Crippen LogP contribution >= 0.6 is 0 Å². The topological polar surface area (TPSA) is 0 Å². The van der Waals surface area contributed by atoms with E-state index in [1.807, 2.05) is 0 Å². The molecule has 58 valence electrons. The summed E-state index contributed by atoms with van der Waals surface area (Å²) in [6.07, 6.45) is 6.33. The lowest BCUT2D eigenvalue weighted by atomic mass is 9.76. The Morgan fingerprint density at radius 1 is 1.30 bits per heavy atom. The third kappa shape index (κ3) is 1.62. The van der Waals surface area contributed by atoms with E-state index in [-0.39, 0.29) is 0 Å². The van der Waals surface area contributed by atoms with Crippen molar-refractivity contribution in [1.29, 1.82) is 0 Å². The summed E-state index contributed by atoms with van der Waals surface area (Å²) < 4.78 is 0. The van der Waals surface area contributed by atoms with Crippen molar-refractivity contribution < 1.29 is 0 Å². The molecule has 0 amide bonds. The summed E-state index contributed by atoms with van der Waals surface area (Å²) in [4.78, 5) is 0. The van der Waals surface area contributed by atoms with E-state index >= 15 is 0 Å². The molecule has 0 aliphatic heterocycles. The molecule has 0 bridgehead atoms. The van der Waals surface area contributed by atoms with Crippen LogP contribution in [0.2, 0.25) is 0 Å². The molecule has 0 heteroatoms. The van der Waals surface area contributed by atoms with Crippen LogP contribution in [0.1, 0.15) is 33.1 Å². The highest BCUT2D eigenvalue weighted by atomic mass is 14.3. The van der Waals surface area contributed by atoms with Gasteiger partial charge >= 0.3 is 0 Å². The fourth-order valence-corrected chi connectivity index (χ4v) is 1.90. The molecule has 1 saturated carbocycles. The van der Waals surface area contributed by atoms with Gasteiger partial charge in [-0.3, -0.25) is 0 Å². The molecule has 1 fully saturated rings. The largest absolute Gasteiger partial charge is 0.103 e. The summed E-state index contributed by atoms with van der Waals surface area (Å²) >= 11 is 0. The summed E-state index contributed by atoms with van der Waals surface area (Å²) in [5.74, 6) is 2.61. The maximum absolute atomic E-state index is 3.87. The molecular formula is C10H18. The van der Waals surface area contributed by atoms with Gasteiger partial charge in [-0.05, 0) is 30.6 Å².